The third kappa shape index (κ3) is 5.43. The molecule has 1 amide bonds. The maximum absolute atomic E-state index is 13.8. The molecule has 2 aromatic carbocycles. The molecule has 2 heterocycles. The van der Waals surface area contributed by atoms with Crippen LogP contribution in [0.15, 0.2) is 36.4 Å². The second kappa shape index (κ2) is 9.24. The molecule has 0 aliphatic carbocycles. The topological polar surface area (TPSA) is 114 Å². The molecule has 33 heavy (non-hydrogen) atoms. The van der Waals surface area contributed by atoms with Crippen LogP contribution < -0.4 is 14.8 Å². The molecule has 0 unspecified atom stereocenters. The highest BCUT2D eigenvalue weighted by molar-refractivity contribution is 7.92. The lowest BCUT2D eigenvalue weighted by Gasteiger charge is -2.37. The van der Waals surface area contributed by atoms with Gasteiger partial charge >= 0.3 is 0 Å². The van der Waals surface area contributed by atoms with Gasteiger partial charge in [0.05, 0.1) is 25.4 Å². The molecule has 1 fully saturated rings. The van der Waals surface area contributed by atoms with E-state index in [2.05, 4.69) is 10.0 Å². The molecular formula is C22H24F2N2O6S. The summed E-state index contributed by atoms with van der Waals surface area (Å²) in [6.07, 6.45) is -0.298. The number of fused-ring (bicyclic) bond motifs is 3. The first-order valence-corrected chi connectivity index (χ1v) is 12.3. The number of amides is 1. The molecular weight excluding hydrogens is 458 g/mol. The number of ether oxygens (including phenoxy) is 2. The van der Waals surface area contributed by atoms with Crippen LogP contribution in [0.1, 0.15) is 29.9 Å². The molecule has 4 atom stereocenters. The van der Waals surface area contributed by atoms with Crippen LogP contribution >= 0.6 is 0 Å². The van der Waals surface area contributed by atoms with Crippen molar-refractivity contribution in [2.24, 2.45) is 0 Å². The molecule has 1 saturated heterocycles. The Hall–Kier alpha value is -2.76. The summed E-state index contributed by atoms with van der Waals surface area (Å²) in [5.74, 6) is -1.28. The van der Waals surface area contributed by atoms with Crippen molar-refractivity contribution in [2.75, 3.05) is 17.6 Å². The Balaban J connectivity index is 1.44. The Morgan fingerprint density at radius 2 is 2.00 bits per heavy atom. The molecule has 0 radical (unpaired) electrons. The summed E-state index contributed by atoms with van der Waals surface area (Å²) in [6, 6.07) is 7.95. The predicted octanol–water partition coefficient (Wildman–Crippen LogP) is 2.04. The van der Waals surface area contributed by atoms with E-state index >= 15 is 0 Å². The summed E-state index contributed by atoms with van der Waals surface area (Å²) in [6.45, 7) is -0.493. The van der Waals surface area contributed by atoms with Gasteiger partial charge in [-0.1, -0.05) is 0 Å². The summed E-state index contributed by atoms with van der Waals surface area (Å²) in [5, 5.41) is 12.4. The van der Waals surface area contributed by atoms with E-state index in [0.29, 0.717) is 17.9 Å². The highest BCUT2D eigenvalue weighted by Gasteiger charge is 2.46. The number of anilines is 1. The summed E-state index contributed by atoms with van der Waals surface area (Å²) in [4.78, 5) is 12.4. The van der Waals surface area contributed by atoms with Crippen molar-refractivity contribution in [1.82, 2.24) is 5.32 Å². The molecule has 0 saturated carbocycles. The second-order valence-electron chi connectivity index (χ2n) is 8.25. The fourth-order valence-electron chi connectivity index (χ4n) is 4.32. The average Bonchev–Trinajstić information content (AvgIpc) is 3.10. The maximum Gasteiger partial charge on any atom is 0.229 e. The van der Waals surface area contributed by atoms with Crippen LogP contribution in [-0.2, 0) is 26.1 Å². The Bertz CT molecular complexity index is 1160. The van der Waals surface area contributed by atoms with Gasteiger partial charge in [-0.05, 0) is 42.8 Å². The Labute approximate surface area is 190 Å². The summed E-state index contributed by atoms with van der Waals surface area (Å²) >= 11 is 0. The van der Waals surface area contributed by atoms with Gasteiger partial charge in [-0.3, -0.25) is 9.52 Å². The number of hydrogen-bond acceptors (Lipinski definition) is 6. The molecule has 8 nitrogen and oxygen atoms in total. The van der Waals surface area contributed by atoms with E-state index in [1.807, 2.05) is 0 Å². The van der Waals surface area contributed by atoms with E-state index in [-0.39, 0.29) is 31.1 Å². The van der Waals surface area contributed by atoms with Gasteiger partial charge in [-0.15, -0.1) is 0 Å². The highest BCUT2D eigenvalue weighted by atomic mass is 32.2. The van der Waals surface area contributed by atoms with Crippen molar-refractivity contribution in [3.05, 3.63) is 59.2 Å². The van der Waals surface area contributed by atoms with Gasteiger partial charge in [-0.2, -0.15) is 0 Å². The lowest BCUT2D eigenvalue weighted by molar-refractivity contribution is -0.142. The van der Waals surface area contributed by atoms with Gasteiger partial charge in [0.25, 0.3) is 0 Å². The van der Waals surface area contributed by atoms with Crippen LogP contribution in [0.4, 0.5) is 14.5 Å². The third-order valence-electron chi connectivity index (χ3n) is 5.70. The van der Waals surface area contributed by atoms with Gasteiger partial charge in [0, 0.05) is 29.3 Å². The molecule has 2 aliphatic rings. The molecule has 0 spiro atoms. The number of nitrogens with one attached hydrogen (secondary N) is 2. The summed E-state index contributed by atoms with van der Waals surface area (Å²) < 4.78 is 64.5. The molecule has 0 aromatic heterocycles. The molecule has 178 valence electrons. The highest BCUT2D eigenvalue weighted by Crippen LogP contribution is 2.47. The smallest absolute Gasteiger partial charge is 0.229 e. The van der Waals surface area contributed by atoms with E-state index in [1.165, 1.54) is 0 Å². The van der Waals surface area contributed by atoms with Crippen molar-refractivity contribution in [3.8, 4) is 5.75 Å². The van der Waals surface area contributed by atoms with E-state index in [1.54, 1.807) is 18.2 Å². The number of aliphatic hydroxyl groups excluding tert-OH is 1. The predicted molar refractivity (Wildman–Crippen MR) is 115 cm³/mol. The number of hydrogen-bond donors (Lipinski definition) is 3. The van der Waals surface area contributed by atoms with Gasteiger partial charge < -0.3 is 19.9 Å². The summed E-state index contributed by atoms with van der Waals surface area (Å²) in [5.41, 5.74) is 1.19. The van der Waals surface area contributed by atoms with Crippen molar-refractivity contribution < 1.29 is 36.6 Å². The SMILES string of the molecule is CS(=O)(=O)Nc1ccc2c(c1)[C@@H]1C[C@H](CC(=O)NCc3cc(F)ccc3F)O[C@H](CO)[C@@H]1O2. The minimum atomic E-state index is -3.46. The van der Waals surface area contributed by atoms with Gasteiger partial charge in [0.15, 0.2) is 0 Å². The number of aliphatic hydroxyl groups is 1. The first-order chi connectivity index (χ1) is 15.6. The number of benzene rings is 2. The number of rotatable bonds is 7. The van der Waals surface area contributed by atoms with Crippen LogP contribution in [0.5, 0.6) is 5.75 Å². The zero-order valence-electron chi connectivity index (χ0n) is 17.8. The van der Waals surface area contributed by atoms with Crippen molar-refractivity contribution in [2.45, 2.75) is 43.6 Å². The molecule has 2 aromatic rings. The first kappa shape index (κ1) is 23.4. The van der Waals surface area contributed by atoms with E-state index in [9.17, 15) is 27.1 Å². The Kier molecular flexibility index (Phi) is 6.55. The number of carbonyl (C=O) groups excluding carboxylic acids is 1. The van der Waals surface area contributed by atoms with Crippen molar-refractivity contribution >= 4 is 21.6 Å². The molecule has 4 rings (SSSR count). The Morgan fingerprint density at radius 3 is 2.73 bits per heavy atom. The normalized spacial score (nSPS) is 23.9. The van der Waals surface area contributed by atoms with E-state index < -0.39 is 45.9 Å². The standard InChI is InChI=1S/C22H24F2N2O6S/c1-33(29,30)26-14-3-5-19-16(7-14)17-8-15(31-20(11-27)22(17)32-19)9-21(28)25-10-12-6-13(23)2-4-18(12)24/h2-7,15,17,20,22,26-27H,8-11H2,1H3,(H,25,28)/t15-,17+,20-,22-/m1/s1. The zero-order valence-corrected chi connectivity index (χ0v) is 18.6. The number of halogens is 2. The average molecular weight is 483 g/mol. The molecule has 11 heteroatoms. The zero-order chi connectivity index (χ0) is 23.8. The largest absolute Gasteiger partial charge is 0.487 e. The van der Waals surface area contributed by atoms with Crippen LogP contribution in [0.3, 0.4) is 0 Å². The fourth-order valence-corrected chi connectivity index (χ4v) is 4.87. The fraction of sp³-hybridized carbons (Fsp3) is 0.409. The third-order valence-corrected chi connectivity index (χ3v) is 6.31. The maximum atomic E-state index is 13.8. The lowest BCUT2D eigenvalue weighted by Crippen LogP contribution is -2.47. The van der Waals surface area contributed by atoms with Crippen LogP contribution in [0.2, 0.25) is 0 Å². The molecule has 3 N–H and O–H groups in total. The van der Waals surface area contributed by atoms with Crippen molar-refractivity contribution in [1.29, 1.82) is 0 Å². The first-order valence-electron chi connectivity index (χ1n) is 10.4. The second-order valence-corrected chi connectivity index (χ2v) is 10.00. The minimum Gasteiger partial charge on any atom is -0.487 e. The quantitative estimate of drug-likeness (QED) is 0.557. The van der Waals surface area contributed by atoms with Gasteiger partial charge in [0.2, 0.25) is 15.9 Å². The lowest BCUT2D eigenvalue weighted by atomic mass is 9.84. The number of sulfonamides is 1. The van der Waals surface area contributed by atoms with Crippen LogP contribution in [0.25, 0.3) is 0 Å². The molecule has 0 bridgehead atoms. The minimum absolute atomic E-state index is 0.0326. The van der Waals surface area contributed by atoms with E-state index in [4.69, 9.17) is 9.47 Å². The molecule has 2 aliphatic heterocycles. The summed E-state index contributed by atoms with van der Waals surface area (Å²) in [7, 11) is -3.46. The Morgan fingerprint density at radius 1 is 1.21 bits per heavy atom. The van der Waals surface area contributed by atoms with Crippen molar-refractivity contribution in [3.63, 3.8) is 0 Å². The van der Waals surface area contributed by atoms with Gasteiger partial charge in [-0.25, -0.2) is 17.2 Å². The van der Waals surface area contributed by atoms with Crippen LogP contribution in [0, 0.1) is 11.6 Å². The van der Waals surface area contributed by atoms with Crippen LogP contribution in [-0.4, -0.2) is 50.6 Å². The van der Waals surface area contributed by atoms with Gasteiger partial charge in [0.1, 0.15) is 29.6 Å². The monoisotopic (exact) mass is 482 g/mol. The number of carbonyl (C=O) groups is 1. The van der Waals surface area contributed by atoms with E-state index in [0.717, 1.165) is 30.0 Å².